The van der Waals surface area contributed by atoms with Gasteiger partial charge in [0, 0.05) is 13.0 Å². The van der Waals surface area contributed by atoms with Crippen LogP contribution in [0.15, 0.2) is 0 Å². The summed E-state index contributed by atoms with van der Waals surface area (Å²) in [7, 11) is 0. The second-order valence-corrected chi connectivity index (χ2v) is 5.33. The van der Waals surface area contributed by atoms with Crippen LogP contribution in [0.3, 0.4) is 0 Å². The molecule has 1 aliphatic rings. The number of nitrogens with zero attached hydrogens (tertiary/aromatic N) is 2. The number of aryl methyl sites for hydroxylation is 1. The normalized spacial score (nSPS) is 20.0. The minimum absolute atomic E-state index is 0.0988. The third kappa shape index (κ3) is 2.28. The van der Waals surface area contributed by atoms with Crippen molar-refractivity contribution in [2.45, 2.75) is 25.1 Å². The van der Waals surface area contributed by atoms with E-state index in [0.717, 1.165) is 11.3 Å². The number of hydrogen-bond donors (Lipinski definition) is 1. The maximum Gasteiger partial charge on any atom is 0.347 e. The van der Waals surface area contributed by atoms with Crippen molar-refractivity contribution < 1.29 is 14.7 Å². The van der Waals surface area contributed by atoms with Crippen LogP contribution in [-0.2, 0) is 11.2 Å². The molecule has 1 fully saturated rings. The first kappa shape index (κ1) is 12.3. The van der Waals surface area contributed by atoms with E-state index in [4.69, 9.17) is 16.7 Å². The van der Waals surface area contributed by atoms with Gasteiger partial charge in [-0.05, 0) is 6.42 Å². The maximum absolute atomic E-state index is 11.6. The van der Waals surface area contributed by atoms with Crippen LogP contribution < -0.4 is 4.90 Å². The Morgan fingerprint density at radius 2 is 2.41 bits per heavy atom. The van der Waals surface area contributed by atoms with E-state index in [9.17, 15) is 9.59 Å². The zero-order chi connectivity index (χ0) is 12.6. The summed E-state index contributed by atoms with van der Waals surface area (Å²) in [4.78, 5) is 28.5. The molecule has 0 radical (unpaired) electrons. The van der Waals surface area contributed by atoms with Crippen LogP contribution in [0.4, 0.5) is 5.13 Å². The molecule has 0 aromatic carbocycles. The Morgan fingerprint density at radius 1 is 1.71 bits per heavy atom. The monoisotopic (exact) mass is 274 g/mol. The molecular formula is C10H11ClN2O3S. The van der Waals surface area contributed by atoms with E-state index < -0.39 is 5.97 Å². The fraction of sp³-hybridized carbons (Fsp3) is 0.500. The standard InChI is InChI=1S/C10H11ClN2O3S/c1-2-6-8(9(15)16)17-10(12-6)13-4-5(11)3-7(13)14/h5H,2-4H2,1H3,(H,15,16). The Balaban J connectivity index is 2.34. The molecule has 0 aliphatic carbocycles. The Labute approximate surface area is 107 Å². The lowest BCUT2D eigenvalue weighted by atomic mass is 10.3. The predicted molar refractivity (Wildman–Crippen MR) is 65.1 cm³/mol. The van der Waals surface area contributed by atoms with Crippen molar-refractivity contribution in [2.75, 3.05) is 11.4 Å². The summed E-state index contributed by atoms with van der Waals surface area (Å²) in [5.74, 6) is -1.10. The van der Waals surface area contributed by atoms with Crippen molar-refractivity contribution in [1.29, 1.82) is 0 Å². The highest BCUT2D eigenvalue weighted by atomic mass is 35.5. The van der Waals surface area contributed by atoms with Crippen LogP contribution in [0.2, 0.25) is 0 Å². The average molecular weight is 275 g/mol. The molecule has 0 bridgehead atoms. The molecule has 1 atom stereocenters. The number of thiazole rings is 1. The SMILES string of the molecule is CCc1nc(N2CC(Cl)CC2=O)sc1C(=O)O. The van der Waals surface area contributed by atoms with Gasteiger partial charge in [-0.15, -0.1) is 11.6 Å². The number of carbonyl (C=O) groups excluding carboxylic acids is 1. The largest absolute Gasteiger partial charge is 0.477 e. The summed E-state index contributed by atoms with van der Waals surface area (Å²) in [5, 5.41) is 9.23. The van der Waals surface area contributed by atoms with Gasteiger partial charge < -0.3 is 5.11 Å². The lowest BCUT2D eigenvalue weighted by Crippen LogP contribution is -2.24. The molecule has 2 heterocycles. The molecule has 1 amide bonds. The molecule has 0 saturated carbocycles. The molecular weight excluding hydrogens is 264 g/mol. The van der Waals surface area contributed by atoms with Gasteiger partial charge in [-0.25, -0.2) is 9.78 Å². The molecule has 1 saturated heterocycles. The van der Waals surface area contributed by atoms with Gasteiger partial charge >= 0.3 is 5.97 Å². The number of hydrogen-bond acceptors (Lipinski definition) is 4. The third-order valence-electron chi connectivity index (χ3n) is 2.52. The number of rotatable bonds is 3. The van der Waals surface area contributed by atoms with E-state index in [1.165, 1.54) is 4.90 Å². The summed E-state index contributed by atoms with van der Waals surface area (Å²) >= 11 is 6.92. The summed E-state index contributed by atoms with van der Waals surface area (Å²) < 4.78 is 0. The molecule has 0 spiro atoms. The third-order valence-corrected chi connectivity index (χ3v) is 3.92. The summed E-state index contributed by atoms with van der Waals surface area (Å²) in [5.41, 5.74) is 0.517. The molecule has 92 valence electrons. The van der Waals surface area contributed by atoms with Crippen molar-refractivity contribution >= 4 is 39.9 Å². The Kier molecular flexibility index (Phi) is 3.35. The molecule has 1 aromatic rings. The zero-order valence-electron chi connectivity index (χ0n) is 9.14. The predicted octanol–water partition coefficient (Wildman–Crippen LogP) is 1.75. The number of aromatic carboxylic acids is 1. The van der Waals surface area contributed by atoms with Crippen molar-refractivity contribution in [3.63, 3.8) is 0 Å². The second-order valence-electron chi connectivity index (χ2n) is 3.74. The summed E-state index contributed by atoms with van der Waals surface area (Å²) in [6, 6.07) is 0. The molecule has 1 N–H and O–H groups in total. The van der Waals surface area contributed by atoms with Gasteiger partial charge in [-0.1, -0.05) is 18.3 Å². The van der Waals surface area contributed by atoms with E-state index in [0.29, 0.717) is 23.8 Å². The lowest BCUT2D eigenvalue weighted by molar-refractivity contribution is -0.117. The van der Waals surface area contributed by atoms with Crippen LogP contribution in [-0.4, -0.2) is 33.9 Å². The number of halogens is 1. The van der Waals surface area contributed by atoms with E-state index >= 15 is 0 Å². The molecule has 1 unspecified atom stereocenters. The molecule has 5 nitrogen and oxygen atoms in total. The molecule has 7 heteroatoms. The molecule has 1 aliphatic heterocycles. The van der Waals surface area contributed by atoms with E-state index in [2.05, 4.69) is 4.98 Å². The average Bonchev–Trinajstić information content (AvgIpc) is 2.81. The van der Waals surface area contributed by atoms with Gasteiger partial charge in [0.25, 0.3) is 0 Å². The summed E-state index contributed by atoms with van der Waals surface area (Å²) in [6.07, 6.45) is 0.815. The molecule has 2 rings (SSSR count). The van der Waals surface area contributed by atoms with Crippen LogP contribution in [0.5, 0.6) is 0 Å². The fourth-order valence-electron chi connectivity index (χ4n) is 1.71. The number of carbonyl (C=O) groups is 2. The van der Waals surface area contributed by atoms with Gasteiger partial charge in [-0.3, -0.25) is 9.69 Å². The van der Waals surface area contributed by atoms with Gasteiger partial charge in [0.1, 0.15) is 4.88 Å². The smallest absolute Gasteiger partial charge is 0.347 e. The van der Waals surface area contributed by atoms with Crippen LogP contribution in [0.25, 0.3) is 0 Å². The number of anilines is 1. The molecule has 1 aromatic heterocycles. The topological polar surface area (TPSA) is 70.5 Å². The number of carboxylic acids is 1. The van der Waals surface area contributed by atoms with E-state index in [1.807, 2.05) is 6.92 Å². The van der Waals surface area contributed by atoms with Gasteiger partial charge in [-0.2, -0.15) is 0 Å². The van der Waals surface area contributed by atoms with Crippen LogP contribution in [0, 0.1) is 0 Å². The Hall–Kier alpha value is -1.14. The summed E-state index contributed by atoms with van der Waals surface area (Å²) in [6.45, 7) is 2.23. The van der Waals surface area contributed by atoms with Crippen molar-refractivity contribution in [2.24, 2.45) is 0 Å². The van der Waals surface area contributed by atoms with E-state index in [-0.39, 0.29) is 22.6 Å². The Morgan fingerprint density at radius 3 is 2.82 bits per heavy atom. The first-order chi connectivity index (χ1) is 8.02. The quantitative estimate of drug-likeness (QED) is 0.853. The number of carboxylic acid groups (broad SMARTS) is 1. The highest BCUT2D eigenvalue weighted by Crippen LogP contribution is 2.31. The van der Waals surface area contributed by atoms with Crippen LogP contribution >= 0.6 is 22.9 Å². The zero-order valence-corrected chi connectivity index (χ0v) is 10.7. The minimum Gasteiger partial charge on any atom is -0.477 e. The lowest BCUT2D eigenvalue weighted by Gasteiger charge is -2.10. The number of aromatic nitrogens is 1. The maximum atomic E-state index is 11.6. The van der Waals surface area contributed by atoms with Crippen molar-refractivity contribution in [3.8, 4) is 0 Å². The Bertz CT molecular complexity index is 474. The highest BCUT2D eigenvalue weighted by molar-refractivity contribution is 7.17. The number of alkyl halides is 1. The van der Waals surface area contributed by atoms with E-state index in [1.54, 1.807) is 0 Å². The van der Waals surface area contributed by atoms with Crippen LogP contribution in [0.1, 0.15) is 28.7 Å². The molecule has 17 heavy (non-hydrogen) atoms. The number of amides is 1. The minimum atomic E-state index is -1.00. The van der Waals surface area contributed by atoms with Gasteiger partial charge in [0.05, 0.1) is 11.1 Å². The highest BCUT2D eigenvalue weighted by Gasteiger charge is 2.32. The first-order valence-corrected chi connectivity index (χ1v) is 6.45. The van der Waals surface area contributed by atoms with Gasteiger partial charge in [0.2, 0.25) is 5.91 Å². The fourth-order valence-corrected chi connectivity index (χ4v) is 3.00. The van der Waals surface area contributed by atoms with Gasteiger partial charge in [0.15, 0.2) is 5.13 Å². The second kappa shape index (κ2) is 4.62. The van der Waals surface area contributed by atoms with Crippen molar-refractivity contribution in [3.05, 3.63) is 10.6 Å². The van der Waals surface area contributed by atoms with Crippen molar-refractivity contribution in [1.82, 2.24) is 4.98 Å². The first-order valence-electron chi connectivity index (χ1n) is 5.20.